The van der Waals surface area contributed by atoms with Crippen molar-refractivity contribution in [2.75, 3.05) is 28.2 Å². The number of urea groups is 1. The normalized spacial score (nSPS) is 18.1. The molecular weight excluding hydrogens is 453 g/mol. The summed E-state index contributed by atoms with van der Waals surface area (Å²) in [5, 5.41) is 12.2. The van der Waals surface area contributed by atoms with Crippen molar-refractivity contribution in [2.24, 2.45) is 0 Å². The van der Waals surface area contributed by atoms with Gasteiger partial charge in [-0.05, 0) is 44.5 Å². The van der Waals surface area contributed by atoms with E-state index in [1.807, 2.05) is 17.1 Å². The molecule has 3 amide bonds. The average molecular weight is 474 g/mol. The first-order valence-electron chi connectivity index (χ1n) is 10.7. The summed E-state index contributed by atoms with van der Waals surface area (Å²) in [4.78, 5) is 37.9. The maximum atomic E-state index is 13.3. The van der Waals surface area contributed by atoms with Gasteiger partial charge in [-0.3, -0.25) is 20.1 Å². The largest absolute Gasteiger partial charge is 0.408 e. The molecule has 1 fully saturated rings. The third-order valence-electron chi connectivity index (χ3n) is 6.03. The van der Waals surface area contributed by atoms with Crippen LogP contribution in [-0.4, -0.2) is 63.5 Å². The molecule has 1 unspecified atom stereocenters. The third kappa shape index (κ3) is 3.76. The van der Waals surface area contributed by atoms with Gasteiger partial charge in [-0.1, -0.05) is 0 Å². The predicted octanol–water partition coefficient (Wildman–Crippen LogP) is 2.97. The second kappa shape index (κ2) is 7.85. The van der Waals surface area contributed by atoms with Crippen LogP contribution in [0.1, 0.15) is 29.5 Å². The Labute approximate surface area is 191 Å². The summed E-state index contributed by atoms with van der Waals surface area (Å²) in [6, 6.07) is 3.80. The number of aromatic amines is 1. The smallest absolute Gasteiger partial charge is 0.366 e. The van der Waals surface area contributed by atoms with E-state index in [0.717, 1.165) is 12.6 Å². The lowest BCUT2D eigenvalue weighted by Crippen LogP contribution is -2.49. The van der Waals surface area contributed by atoms with Crippen molar-refractivity contribution in [3.8, 4) is 0 Å². The van der Waals surface area contributed by atoms with Crippen LogP contribution in [0.25, 0.3) is 11.0 Å². The number of fused-ring (bicyclic) bond motifs is 5. The molecule has 2 aliphatic heterocycles. The van der Waals surface area contributed by atoms with Crippen molar-refractivity contribution in [3.05, 3.63) is 35.7 Å². The van der Waals surface area contributed by atoms with Gasteiger partial charge in [0.1, 0.15) is 11.7 Å². The summed E-state index contributed by atoms with van der Waals surface area (Å²) < 4.78 is 38.6. The van der Waals surface area contributed by atoms with Gasteiger partial charge in [0.05, 0.1) is 17.1 Å². The number of carbonyl (C=O) groups excluding carboxylic acids is 2. The van der Waals surface area contributed by atoms with Crippen LogP contribution in [0.4, 0.5) is 35.3 Å². The molecule has 3 aromatic heterocycles. The van der Waals surface area contributed by atoms with Crippen molar-refractivity contribution in [1.29, 1.82) is 0 Å². The molecule has 0 aliphatic carbocycles. The fourth-order valence-electron chi connectivity index (χ4n) is 4.21. The summed E-state index contributed by atoms with van der Waals surface area (Å²) >= 11 is 0. The number of H-pyrrole nitrogens is 1. The molecule has 5 rings (SSSR count). The molecule has 0 spiro atoms. The van der Waals surface area contributed by atoms with Crippen LogP contribution in [0.2, 0.25) is 0 Å². The van der Waals surface area contributed by atoms with E-state index in [4.69, 9.17) is 0 Å². The second-order valence-corrected chi connectivity index (χ2v) is 8.39. The maximum Gasteiger partial charge on any atom is 0.408 e. The van der Waals surface area contributed by atoms with Gasteiger partial charge in [-0.25, -0.2) is 14.8 Å². The first-order valence-corrected chi connectivity index (χ1v) is 10.7. The number of alkyl halides is 3. The molecule has 34 heavy (non-hydrogen) atoms. The Bertz CT molecular complexity index is 1290. The lowest BCUT2D eigenvalue weighted by atomic mass is 10.1. The molecule has 178 valence electrons. The molecule has 0 radical (unpaired) electrons. The number of halogens is 3. The van der Waals surface area contributed by atoms with Gasteiger partial charge in [0.2, 0.25) is 0 Å². The molecule has 0 aromatic carbocycles. The van der Waals surface area contributed by atoms with Gasteiger partial charge in [-0.15, -0.1) is 0 Å². The van der Waals surface area contributed by atoms with E-state index in [1.54, 1.807) is 18.2 Å². The van der Waals surface area contributed by atoms with Crippen LogP contribution < -0.4 is 20.4 Å². The molecule has 3 aromatic rings. The van der Waals surface area contributed by atoms with Crippen molar-refractivity contribution in [1.82, 2.24) is 25.5 Å². The highest BCUT2D eigenvalue weighted by atomic mass is 19.4. The van der Waals surface area contributed by atoms with Crippen LogP contribution >= 0.6 is 0 Å². The summed E-state index contributed by atoms with van der Waals surface area (Å²) in [6.45, 7) is 3.96. The summed E-state index contributed by atoms with van der Waals surface area (Å²) in [5.41, 5.74) is 1.74. The molecule has 5 heterocycles. The quantitative estimate of drug-likeness (QED) is 0.537. The number of carbonyl (C=O) groups is 2. The van der Waals surface area contributed by atoms with Crippen LogP contribution in [0.5, 0.6) is 0 Å². The number of hydrogen-bond acceptors (Lipinski definition) is 6. The van der Waals surface area contributed by atoms with E-state index >= 15 is 0 Å². The van der Waals surface area contributed by atoms with Gasteiger partial charge < -0.3 is 10.2 Å². The van der Waals surface area contributed by atoms with Crippen molar-refractivity contribution >= 4 is 40.3 Å². The minimum absolute atomic E-state index is 0.208. The van der Waals surface area contributed by atoms with Crippen LogP contribution in [-0.2, 0) is 0 Å². The Morgan fingerprint density at radius 1 is 1.21 bits per heavy atom. The first kappa shape index (κ1) is 21.9. The summed E-state index contributed by atoms with van der Waals surface area (Å²) in [7, 11) is 0. The number of rotatable bonds is 3. The molecule has 2 bridgehead atoms. The molecule has 10 nitrogen and oxygen atoms in total. The fourth-order valence-corrected chi connectivity index (χ4v) is 4.21. The molecule has 2 aliphatic rings. The van der Waals surface area contributed by atoms with Crippen LogP contribution in [0.3, 0.4) is 0 Å². The third-order valence-corrected chi connectivity index (χ3v) is 6.03. The topological polar surface area (TPSA) is 119 Å². The highest BCUT2D eigenvalue weighted by Gasteiger charge is 2.41. The number of pyridine rings is 2. The highest BCUT2D eigenvalue weighted by molar-refractivity contribution is 6.07. The van der Waals surface area contributed by atoms with Crippen molar-refractivity contribution in [2.45, 2.75) is 38.5 Å². The first-order chi connectivity index (χ1) is 16.1. The van der Waals surface area contributed by atoms with Gasteiger partial charge in [0.25, 0.3) is 5.91 Å². The predicted molar refractivity (Wildman–Crippen MR) is 118 cm³/mol. The summed E-state index contributed by atoms with van der Waals surface area (Å²) in [6.07, 6.45) is -3.90. The van der Waals surface area contributed by atoms with Crippen molar-refractivity contribution < 1.29 is 22.8 Å². The Hall–Kier alpha value is -3.90. The van der Waals surface area contributed by atoms with Gasteiger partial charge >= 0.3 is 12.2 Å². The minimum atomic E-state index is -4.58. The summed E-state index contributed by atoms with van der Waals surface area (Å²) in [5.74, 6) is -0.463. The van der Waals surface area contributed by atoms with Crippen LogP contribution in [0.15, 0.2) is 24.3 Å². The molecule has 2 atom stereocenters. The number of aryl methyl sites for hydroxylation is 1. The zero-order valence-corrected chi connectivity index (χ0v) is 18.3. The number of hydrogen-bond donors (Lipinski definition) is 3. The number of anilines is 3. The van der Waals surface area contributed by atoms with Crippen molar-refractivity contribution in [3.63, 3.8) is 0 Å². The average Bonchev–Trinajstić information content (AvgIpc) is 3.37. The molecule has 3 N–H and O–H groups in total. The fraction of sp³-hybridized carbons (Fsp3) is 0.381. The monoisotopic (exact) mass is 474 g/mol. The lowest BCUT2D eigenvalue weighted by molar-refractivity contribution is -0.149. The zero-order valence-electron chi connectivity index (χ0n) is 18.3. The maximum absolute atomic E-state index is 13.3. The number of nitrogens with one attached hydrogen (secondary N) is 3. The number of nitrogens with zero attached hydrogens (tertiary/aromatic N) is 5. The Balaban J connectivity index is 1.45. The van der Waals surface area contributed by atoms with Crippen LogP contribution in [0, 0.1) is 6.92 Å². The number of amides is 3. The number of aromatic nitrogens is 4. The minimum Gasteiger partial charge on any atom is -0.366 e. The van der Waals surface area contributed by atoms with E-state index in [9.17, 15) is 22.8 Å². The lowest BCUT2D eigenvalue weighted by Gasteiger charge is -2.35. The molecule has 0 saturated carbocycles. The molecule has 13 heteroatoms. The van der Waals surface area contributed by atoms with Gasteiger partial charge in [-0.2, -0.15) is 18.3 Å². The van der Waals surface area contributed by atoms with E-state index in [1.165, 1.54) is 11.0 Å². The van der Waals surface area contributed by atoms with E-state index in [2.05, 4.69) is 25.5 Å². The standard InChI is InChI=1S/C21H21F3N8O2/c1-10-3-4-13-16(25-10)29-30-17(13)28-20(34)32-12-7-8-31(9-12)15-6-5-14(27-18(15)32)19(33)26-11(2)21(22,23)24/h3-6,11-12H,7-9H2,1-2H3,(H,26,33)(H2,25,28,29,30,34)/t11?,12-/m0/s1. The van der Waals surface area contributed by atoms with E-state index < -0.39 is 24.2 Å². The zero-order chi connectivity index (χ0) is 24.2. The SMILES string of the molecule is Cc1ccc2c(NC(=O)N3c4nc(C(=O)NC(C)C(F)(F)F)ccc4N4CC[C@H]3C4)n[nH]c2n1. The van der Waals surface area contributed by atoms with Gasteiger partial charge in [0.15, 0.2) is 17.3 Å². The molecule has 1 saturated heterocycles. The highest BCUT2D eigenvalue weighted by Crippen LogP contribution is 2.39. The Morgan fingerprint density at radius 2 is 2.00 bits per heavy atom. The second-order valence-electron chi connectivity index (χ2n) is 8.39. The van der Waals surface area contributed by atoms with E-state index in [-0.39, 0.29) is 17.6 Å². The van der Waals surface area contributed by atoms with Gasteiger partial charge in [0, 0.05) is 18.8 Å². The van der Waals surface area contributed by atoms with E-state index in [0.29, 0.717) is 42.0 Å². The molecular formula is C21H21F3N8O2. The Morgan fingerprint density at radius 3 is 2.76 bits per heavy atom. The Kier molecular flexibility index (Phi) is 5.06.